The molecule has 4 rings (SSSR count). The van der Waals surface area contributed by atoms with Crippen LogP contribution in [0.3, 0.4) is 0 Å². The van der Waals surface area contributed by atoms with Gasteiger partial charge in [0, 0.05) is 34.9 Å². The highest BCUT2D eigenvalue weighted by atomic mass is 32.2. The van der Waals surface area contributed by atoms with E-state index >= 15 is 0 Å². The van der Waals surface area contributed by atoms with E-state index in [1.54, 1.807) is 11.8 Å². The Balaban J connectivity index is 1.50. The predicted octanol–water partition coefficient (Wildman–Crippen LogP) is 2.74. The largest absolute Gasteiger partial charge is 0.376 e. The molecule has 2 aliphatic heterocycles. The summed E-state index contributed by atoms with van der Waals surface area (Å²) in [6, 6.07) is 0. The average molecular weight is 334 g/mol. The van der Waals surface area contributed by atoms with Crippen LogP contribution in [0.2, 0.25) is 0 Å². The van der Waals surface area contributed by atoms with Gasteiger partial charge < -0.3 is 9.47 Å². The summed E-state index contributed by atoms with van der Waals surface area (Å²) in [7, 11) is 0. The van der Waals surface area contributed by atoms with E-state index in [1.807, 2.05) is 0 Å². The van der Waals surface area contributed by atoms with E-state index in [9.17, 15) is 0 Å². The summed E-state index contributed by atoms with van der Waals surface area (Å²) in [5.41, 5.74) is 6.10. The first kappa shape index (κ1) is 15.2. The second-order valence-electron chi connectivity index (χ2n) is 6.47. The van der Waals surface area contributed by atoms with Crippen LogP contribution in [-0.4, -0.2) is 39.4 Å². The molecule has 0 aliphatic carbocycles. The third kappa shape index (κ3) is 2.81. The van der Waals surface area contributed by atoms with Crippen LogP contribution >= 0.6 is 11.8 Å². The molecule has 6 nitrogen and oxygen atoms in total. The van der Waals surface area contributed by atoms with E-state index in [4.69, 9.17) is 9.47 Å². The van der Waals surface area contributed by atoms with Crippen molar-refractivity contribution in [3.05, 3.63) is 28.2 Å². The van der Waals surface area contributed by atoms with Gasteiger partial charge in [0.05, 0.1) is 37.8 Å². The minimum atomic E-state index is 0.343. The van der Waals surface area contributed by atoms with Gasteiger partial charge in [0.2, 0.25) is 0 Å². The maximum atomic E-state index is 5.82. The number of fused-ring (bicyclic) bond motifs is 2. The third-order valence-corrected chi connectivity index (χ3v) is 5.71. The zero-order valence-corrected chi connectivity index (χ0v) is 14.3. The molecule has 124 valence electrons. The van der Waals surface area contributed by atoms with Crippen LogP contribution in [0.25, 0.3) is 0 Å². The lowest BCUT2D eigenvalue weighted by molar-refractivity contribution is 0.0945. The second-order valence-corrected chi connectivity index (χ2v) is 7.48. The number of ether oxygens (including phenoxy) is 2. The number of rotatable bonds is 4. The van der Waals surface area contributed by atoms with Crippen molar-refractivity contribution in [1.29, 1.82) is 0 Å². The van der Waals surface area contributed by atoms with Crippen molar-refractivity contribution in [3.63, 3.8) is 0 Å². The van der Waals surface area contributed by atoms with Crippen LogP contribution in [0.1, 0.15) is 53.9 Å². The van der Waals surface area contributed by atoms with Gasteiger partial charge in [-0.05, 0) is 5.92 Å². The Hall–Kier alpha value is -1.31. The molecule has 1 atom stereocenters. The highest BCUT2D eigenvalue weighted by Gasteiger charge is 2.28. The van der Waals surface area contributed by atoms with Crippen molar-refractivity contribution >= 4 is 11.8 Å². The molecule has 1 unspecified atom stereocenters. The van der Waals surface area contributed by atoms with Gasteiger partial charge in [0.1, 0.15) is 5.03 Å². The molecule has 0 saturated heterocycles. The molecule has 7 heteroatoms. The smallest absolute Gasteiger partial charge is 0.122 e. The highest BCUT2D eigenvalue weighted by Crippen LogP contribution is 2.35. The summed E-state index contributed by atoms with van der Waals surface area (Å²) >= 11 is 1.80. The van der Waals surface area contributed by atoms with Gasteiger partial charge in [-0.25, -0.2) is 0 Å². The number of nitrogens with one attached hydrogen (secondary N) is 2. The number of nitrogens with zero attached hydrogens (tertiary/aromatic N) is 2. The first-order valence-electron chi connectivity index (χ1n) is 8.15. The monoisotopic (exact) mass is 334 g/mol. The number of hydrogen-bond donors (Lipinski definition) is 2. The standard InChI is InChI=1S/C16H22N4O2S/c1-9(2)14-12-6-22-5-10(15(12)19-18-14)8-23-16-11-3-4-21-7-13(11)17-20-16/h9-10H,3-8H2,1-2H3,(H,17,20)(H,18,19). The lowest BCUT2D eigenvalue weighted by Crippen LogP contribution is -2.19. The van der Waals surface area contributed by atoms with E-state index in [1.165, 1.54) is 16.8 Å². The highest BCUT2D eigenvalue weighted by molar-refractivity contribution is 7.99. The van der Waals surface area contributed by atoms with Gasteiger partial charge >= 0.3 is 0 Å². The van der Waals surface area contributed by atoms with Crippen LogP contribution in [0.15, 0.2) is 5.03 Å². The fourth-order valence-electron chi connectivity index (χ4n) is 3.29. The molecular formula is C16H22N4O2S. The summed E-state index contributed by atoms with van der Waals surface area (Å²) in [6.07, 6.45) is 0.947. The van der Waals surface area contributed by atoms with Crippen molar-refractivity contribution < 1.29 is 9.47 Å². The van der Waals surface area contributed by atoms with Crippen molar-refractivity contribution in [2.24, 2.45) is 0 Å². The molecular weight excluding hydrogens is 312 g/mol. The van der Waals surface area contributed by atoms with Gasteiger partial charge in [-0.15, -0.1) is 11.8 Å². The zero-order chi connectivity index (χ0) is 15.8. The molecule has 2 aliphatic rings. The number of aromatic amines is 2. The SMILES string of the molecule is CC(C)c1n[nH]c2c1COCC2CSc1n[nH]c2c1CCOC2. The maximum Gasteiger partial charge on any atom is 0.122 e. The Labute approximate surface area is 139 Å². The summed E-state index contributed by atoms with van der Waals surface area (Å²) < 4.78 is 11.3. The van der Waals surface area contributed by atoms with E-state index in [0.29, 0.717) is 25.0 Å². The van der Waals surface area contributed by atoms with Crippen LogP contribution in [-0.2, 0) is 29.1 Å². The van der Waals surface area contributed by atoms with E-state index in [0.717, 1.165) is 41.8 Å². The molecule has 2 aromatic heterocycles. The van der Waals surface area contributed by atoms with E-state index < -0.39 is 0 Å². The predicted molar refractivity (Wildman–Crippen MR) is 87.7 cm³/mol. The molecule has 0 saturated carbocycles. The van der Waals surface area contributed by atoms with Crippen molar-refractivity contribution in [1.82, 2.24) is 20.4 Å². The van der Waals surface area contributed by atoms with Gasteiger partial charge in [-0.2, -0.15) is 10.2 Å². The minimum Gasteiger partial charge on any atom is -0.376 e. The normalized spacial score (nSPS) is 20.6. The maximum absolute atomic E-state index is 5.82. The van der Waals surface area contributed by atoms with E-state index in [-0.39, 0.29) is 0 Å². The Bertz CT molecular complexity index is 694. The molecule has 0 amide bonds. The molecule has 2 aromatic rings. The number of H-pyrrole nitrogens is 2. The first-order valence-corrected chi connectivity index (χ1v) is 9.14. The average Bonchev–Trinajstić information content (AvgIpc) is 3.17. The number of thioether (sulfide) groups is 1. The van der Waals surface area contributed by atoms with Crippen LogP contribution in [0.4, 0.5) is 0 Å². The molecule has 2 N–H and O–H groups in total. The van der Waals surface area contributed by atoms with Gasteiger partial charge in [-0.1, -0.05) is 13.8 Å². The van der Waals surface area contributed by atoms with Gasteiger partial charge in [0.25, 0.3) is 0 Å². The molecule has 0 bridgehead atoms. The summed E-state index contributed by atoms with van der Waals surface area (Å²) in [6.45, 7) is 7.21. The molecule has 4 heterocycles. The van der Waals surface area contributed by atoms with Crippen LogP contribution in [0, 0.1) is 0 Å². The molecule has 0 aromatic carbocycles. The first-order chi connectivity index (χ1) is 11.2. The number of aromatic nitrogens is 4. The Morgan fingerprint density at radius 1 is 1.17 bits per heavy atom. The topological polar surface area (TPSA) is 75.8 Å². The molecule has 23 heavy (non-hydrogen) atoms. The minimum absolute atomic E-state index is 0.343. The lowest BCUT2D eigenvalue weighted by atomic mass is 9.97. The third-order valence-electron chi connectivity index (χ3n) is 4.53. The second kappa shape index (κ2) is 6.30. The molecule has 0 spiro atoms. The van der Waals surface area contributed by atoms with Crippen molar-refractivity contribution in [2.75, 3.05) is 19.0 Å². The Morgan fingerprint density at radius 3 is 2.96 bits per heavy atom. The summed E-state index contributed by atoms with van der Waals surface area (Å²) in [5, 5.41) is 16.4. The summed E-state index contributed by atoms with van der Waals surface area (Å²) in [4.78, 5) is 0. The number of hydrogen-bond acceptors (Lipinski definition) is 5. The fraction of sp³-hybridized carbons (Fsp3) is 0.625. The van der Waals surface area contributed by atoms with E-state index in [2.05, 4.69) is 34.2 Å². The van der Waals surface area contributed by atoms with Crippen LogP contribution < -0.4 is 0 Å². The molecule has 0 radical (unpaired) electrons. The lowest BCUT2D eigenvalue weighted by Gasteiger charge is -2.23. The van der Waals surface area contributed by atoms with Gasteiger partial charge in [0.15, 0.2) is 0 Å². The Kier molecular flexibility index (Phi) is 4.17. The van der Waals surface area contributed by atoms with Crippen LogP contribution in [0.5, 0.6) is 0 Å². The Morgan fingerprint density at radius 2 is 2.09 bits per heavy atom. The van der Waals surface area contributed by atoms with Crippen molar-refractivity contribution in [3.8, 4) is 0 Å². The quantitative estimate of drug-likeness (QED) is 0.841. The zero-order valence-electron chi connectivity index (χ0n) is 13.5. The van der Waals surface area contributed by atoms with Gasteiger partial charge in [-0.3, -0.25) is 10.2 Å². The molecule has 0 fully saturated rings. The fourth-order valence-corrected chi connectivity index (χ4v) is 4.42. The van der Waals surface area contributed by atoms with Crippen molar-refractivity contribution in [2.45, 2.75) is 50.3 Å². The summed E-state index contributed by atoms with van der Waals surface area (Å²) in [5.74, 6) is 1.71.